The highest BCUT2D eigenvalue weighted by Crippen LogP contribution is 2.28. The van der Waals surface area contributed by atoms with Gasteiger partial charge in [-0.25, -0.2) is 9.97 Å². The fourth-order valence-corrected chi connectivity index (χ4v) is 1.84. The summed E-state index contributed by atoms with van der Waals surface area (Å²) in [6, 6.07) is 5.94. The predicted molar refractivity (Wildman–Crippen MR) is 79.0 cm³/mol. The molecule has 0 aliphatic rings. The van der Waals surface area contributed by atoms with Crippen LogP contribution in [0.2, 0.25) is 0 Å². The molecule has 2 rings (SSSR count). The molecule has 0 bridgehead atoms. The van der Waals surface area contributed by atoms with Crippen molar-refractivity contribution in [2.75, 3.05) is 11.9 Å². The van der Waals surface area contributed by atoms with Crippen LogP contribution >= 0.6 is 0 Å². The van der Waals surface area contributed by atoms with Gasteiger partial charge in [-0.05, 0) is 19.4 Å². The van der Waals surface area contributed by atoms with Crippen LogP contribution in [0.3, 0.4) is 0 Å². The predicted octanol–water partition coefficient (Wildman–Crippen LogP) is 2.34. The second kappa shape index (κ2) is 6.61. The van der Waals surface area contributed by atoms with E-state index in [-0.39, 0.29) is 22.9 Å². The molecule has 0 aliphatic heterocycles. The van der Waals surface area contributed by atoms with Crippen molar-refractivity contribution in [3.05, 3.63) is 52.0 Å². The van der Waals surface area contributed by atoms with Crippen LogP contribution in [0.25, 0.3) is 0 Å². The number of nitrogens with one attached hydrogen (secondary N) is 1. The van der Waals surface area contributed by atoms with E-state index in [0.29, 0.717) is 12.2 Å². The van der Waals surface area contributed by atoms with Gasteiger partial charge in [0.2, 0.25) is 5.88 Å². The topological polar surface area (TPSA) is 107 Å². The van der Waals surface area contributed by atoms with Gasteiger partial charge in [-0.3, -0.25) is 14.9 Å². The summed E-state index contributed by atoms with van der Waals surface area (Å²) in [5.41, 5.74) is 0.624. The first-order valence-electron chi connectivity index (χ1n) is 6.53. The van der Waals surface area contributed by atoms with Gasteiger partial charge in [0, 0.05) is 12.1 Å². The number of nitrogens with zero attached hydrogens (tertiary/aromatic N) is 3. The van der Waals surface area contributed by atoms with E-state index in [1.807, 2.05) is 0 Å². The largest absolute Gasteiger partial charge is 0.478 e. The fraction of sp³-hybridized carbons (Fsp3) is 0.214. The lowest BCUT2D eigenvalue weighted by atomic mass is 10.1. The lowest BCUT2D eigenvalue weighted by molar-refractivity contribution is -0.383. The van der Waals surface area contributed by atoms with E-state index in [2.05, 4.69) is 15.3 Å². The average molecular weight is 302 g/mol. The Morgan fingerprint density at radius 2 is 2.18 bits per heavy atom. The number of rotatable bonds is 5. The van der Waals surface area contributed by atoms with Gasteiger partial charge in [-0.15, -0.1) is 0 Å². The second-order valence-electron chi connectivity index (χ2n) is 4.35. The summed E-state index contributed by atoms with van der Waals surface area (Å²) in [4.78, 5) is 30.4. The molecule has 0 saturated carbocycles. The second-order valence-corrected chi connectivity index (χ2v) is 4.35. The van der Waals surface area contributed by atoms with Crippen molar-refractivity contribution in [1.29, 1.82) is 0 Å². The molecule has 2 aromatic rings. The van der Waals surface area contributed by atoms with Crippen molar-refractivity contribution < 1.29 is 14.5 Å². The van der Waals surface area contributed by atoms with Gasteiger partial charge in [-0.2, -0.15) is 0 Å². The molecule has 0 fully saturated rings. The third-order valence-corrected chi connectivity index (χ3v) is 2.85. The van der Waals surface area contributed by atoms with Crippen LogP contribution in [0.1, 0.15) is 23.0 Å². The van der Waals surface area contributed by atoms with Gasteiger partial charge in [-0.1, -0.05) is 12.1 Å². The van der Waals surface area contributed by atoms with Gasteiger partial charge >= 0.3 is 0 Å². The molecular formula is C14H14N4O4. The number of aromatic nitrogens is 2. The summed E-state index contributed by atoms with van der Waals surface area (Å²) >= 11 is 0. The Kier molecular flexibility index (Phi) is 4.62. The average Bonchev–Trinajstić information content (AvgIpc) is 2.49. The Hall–Kier alpha value is -3.03. The van der Waals surface area contributed by atoms with E-state index in [9.17, 15) is 14.9 Å². The third-order valence-electron chi connectivity index (χ3n) is 2.85. The van der Waals surface area contributed by atoms with Gasteiger partial charge in [0.1, 0.15) is 17.7 Å². The molecule has 1 N–H and O–H groups in total. The Bertz CT molecular complexity index is 718. The molecule has 1 aromatic carbocycles. The number of amides is 1. The molecule has 8 nitrogen and oxygen atoms in total. The van der Waals surface area contributed by atoms with Crippen molar-refractivity contribution in [3.8, 4) is 5.88 Å². The van der Waals surface area contributed by atoms with E-state index in [0.717, 1.165) is 0 Å². The van der Waals surface area contributed by atoms with Crippen LogP contribution < -0.4 is 10.1 Å². The number of ether oxygens (including phenoxy) is 1. The van der Waals surface area contributed by atoms with Crippen LogP contribution in [0.5, 0.6) is 5.88 Å². The summed E-state index contributed by atoms with van der Waals surface area (Å²) in [6.45, 7) is 3.87. The highest BCUT2D eigenvalue weighted by atomic mass is 16.6. The number of nitro benzene ring substituents is 1. The highest BCUT2D eigenvalue weighted by Gasteiger charge is 2.19. The Labute approximate surface area is 126 Å². The molecule has 1 heterocycles. The molecule has 0 radical (unpaired) electrons. The van der Waals surface area contributed by atoms with Crippen LogP contribution in [-0.4, -0.2) is 27.4 Å². The van der Waals surface area contributed by atoms with E-state index in [4.69, 9.17) is 4.74 Å². The number of para-hydroxylation sites is 1. The van der Waals surface area contributed by atoms with Crippen LogP contribution in [0.4, 0.5) is 11.4 Å². The zero-order valence-electron chi connectivity index (χ0n) is 12.1. The monoisotopic (exact) mass is 302 g/mol. The maximum Gasteiger partial charge on any atom is 0.293 e. The first kappa shape index (κ1) is 15.4. The van der Waals surface area contributed by atoms with Gasteiger partial charge in [0.25, 0.3) is 11.6 Å². The quantitative estimate of drug-likeness (QED) is 0.671. The summed E-state index contributed by atoms with van der Waals surface area (Å²) in [5.74, 6) is -0.303. The molecular weight excluding hydrogens is 288 g/mol. The zero-order chi connectivity index (χ0) is 16.1. The maximum absolute atomic E-state index is 12.2. The molecule has 114 valence electrons. The van der Waals surface area contributed by atoms with Crippen molar-refractivity contribution in [3.63, 3.8) is 0 Å². The minimum absolute atomic E-state index is 0.0657. The number of carbonyl (C=O) groups is 1. The number of aryl methyl sites for hydroxylation is 1. The minimum atomic E-state index is -0.569. The minimum Gasteiger partial charge on any atom is -0.478 e. The first-order valence-corrected chi connectivity index (χ1v) is 6.53. The fourth-order valence-electron chi connectivity index (χ4n) is 1.84. The lowest BCUT2D eigenvalue weighted by Gasteiger charge is -2.09. The summed E-state index contributed by atoms with van der Waals surface area (Å²) < 4.78 is 5.19. The third kappa shape index (κ3) is 3.35. The normalized spacial score (nSPS) is 10.1. The number of hydrogen-bond acceptors (Lipinski definition) is 6. The summed E-state index contributed by atoms with van der Waals surface area (Å²) in [7, 11) is 0. The molecule has 0 unspecified atom stereocenters. The van der Waals surface area contributed by atoms with E-state index in [1.165, 1.54) is 18.5 Å². The Morgan fingerprint density at radius 3 is 2.86 bits per heavy atom. The number of benzene rings is 1. The smallest absolute Gasteiger partial charge is 0.293 e. The SMILES string of the molecule is CCOc1cc(C(=O)Nc2c(C)cccc2[N+](=O)[O-])ncn1. The molecule has 0 spiro atoms. The zero-order valence-corrected chi connectivity index (χ0v) is 12.1. The van der Waals surface area contributed by atoms with Crippen molar-refractivity contribution in [2.24, 2.45) is 0 Å². The summed E-state index contributed by atoms with van der Waals surface area (Å²) in [5, 5.41) is 13.6. The van der Waals surface area contributed by atoms with E-state index < -0.39 is 10.8 Å². The Morgan fingerprint density at radius 1 is 1.41 bits per heavy atom. The highest BCUT2D eigenvalue weighted by molar-refractivity contribution is 6.04. The maximum atomic E-state index is 12.2. The van der Waals surface area contributed by atoms with Crippen molar-refractivity contribution in [2.45, 2.75) is 13.8 Å². The number of anilines is 1. The first-order chi connectivity index (χ1) is 10.5. The number of hydrogen-bond donors (Lipinski definition) is 1. The van der Waals surface area contributed by atoms with Gasteiger partial charge < -0.3 is 10.1 Å². The van der Waals surface area contributed by atoms with Crippen LogP contribution in [0, 0.1) is 17.0 Å². The molecule has 8 heteroatoms. The van der Waals surface area contributed by atoms with Crippen LogP contribution in [-0.2, 0) is 0 Å². The van der Waals surface area contributed by atoms with E-state index >= 15 is 0 Å². The molecule has 1 amide bonds. The molecule has 1 aromatic heterocycles. The van der Waals surface area contributed by atoms with Gasteiger partial charge in [0.15, 0.2) is 0 Å². The van der Waals surface area contributed by atoms with Crippen molar-refractivity contribution in [1.82, 2.24) is 9.97 Å². The summed E-state index contributed by atoms with van der Waals surface area (Å²) in [6.07, 6.45) is 1.20. The molecule has 0 aliphatic carbocycles. The van der Waals surface area contributed by atoms with Crippen LogP contribution in [0.15, 0.2) is 30.6 Å². The number of carbonyl (C=O) groups excluding carboxylic acids is 1. The van der Waals surface area contributed by atoms with Crippen molar-refractivity contribution >= 4 is 17.3 Å². The number of nitro groups is 1. The lowest BCUT2D eigenvalue weighted by Crippen LogP contribution is -2.16. The van der Waals surface area contributed by atoms with E-state index in [1.54, 1.807) is 26.0 Å². The standard InChI is InChI=1S/C14H14N4O4/c1-3-22-12-7-10(15-8-16-12)14(19)17-13-9(2)5-4-6-11(13)18(20)21/h4-8H,3H2,1-2H3,(H,17,19). The Balaban J connectivity index is 2.30. The molecule has 0 saturated heterocycles. The molecule has 0 atom stereocenters. The molecule has 22 heavy (non-hydrogen) atoms. The van der Waals surface area contributed by atoms with Gasteiger partial charge in [0.05, 0.1) is 11.5 Å².